The zero-order valence-corrected chi connectivity index (χ0v) is 14.3. The van der Waals surface area contributed by atoms with Crippen molar-refractivity contribution >= 4 is 5.78 Å². The van der Waals surface area contributed by atoms with E-state index in [-0.39, 0.29) is 5.78 Å². The first-order valence-electron chi connectivity index (χ1n) is 7.73. The average molecular weight is 266 g/mol. The normalized spacial score (nSPS) is 7.79. The lowest BCUT2D eigenvalue weighted by molar-refractivity contribution is -0.117. The Morgan fingerprint density at radius 1 is 0.895 bits per heavy atom. The molecule has 0 aliphatic heterocycles. The van der Waals surface area contributed by atoms with Crippen LogP contribution >= 0.6 is 0 Å². The Morgan fingerprint density at radius 3 is 1.68 bits per heavy atom. The Morgan fingerprint density at radius 2 is 1.32 bits per heavy atom. The lowest BCUT2D eigenvalue weighted by atomic mass is 10.1. The highest BCUT2D eigenvalue weighted by atomic mass is 16.1. The average Bonchev–Trinajstić information content (AvgIpc) is 2.47. The van der Waals surface area contributed by atoms with Gasteiger partial charge in [0.05, 0.1) is 0 Å². The van der Waals surface area contributed by atoms with E-state index in [1.807, 2.05) is 41.5 Å². The molecule has 0 saturated carbocycles. The minimum absolute atomic E-state index is 0.284. The molecular weight excluding hydrogens is 232 g/mol. The van der Waals surface area contributed by atoms with Gasteiger partial charge in [-0.25, -0.2) is 0 Å². The van der Waals surface area contributed by atoms with E-state index in [9.17, 15) is 4.79 Å². The molecule has 0 fully saturated rings. The molecule has 0 bridgehead atoms. The van der Waals surface area contributed by atoms with Crippen molar-refractivity contribution in [1.29, 1.82) is 0 Å². The third-order valence-electron chi connectivity index (χ3n) is 2.11. The third kappa shape index (κ3) is 16.9. The van der Waals surface area contributed by atoms with Crippen molar-refractivity contribution < 1.29 is 4.79 Å². The summed E-state index contributed by atoms with van der Waals surface area (Å²) >= 11 is 0. The summed E-state index contributed by atoms with van der Waals surface area (Å²) in [5, 5.41) is 0. The lowest BCUT2D eigenvalue weighted by Gasteiger charge is -2.00. The number of rotatable bonds is 4. The molecule has 1 aromatic carbocycles. The van der Waals surface area contributed by atoms with E-state index in [4.69, 9.17) is 0 Å². The second-order valence-corrected chi connectivity index (χ2v) is 3.54. The van der Waals surface area contributed by atoms with Gasteiger partial charge in [0.15, 0.2) is 0 Å². The first kappa shape index (κ1) is 23.0. The van der Waals surface area contributed by atoms with Crippen LogP contribution in [0.25, 0.3) is 0 Å². The standard InChI is InChI=1S/C12H16O.3C2H6/c1-10-6-8-12(9-7-10)5-3-4-11(2)13;3*1-2/h6-9H,3-5H2,1-2H3;3*1-2H3. The summed E-state index contributed by atoms with van der Waals surface area (Å²) in [5.41, 5.74) is 2.61. The molecule has 0 saturated heterocycles. The molecule has 0 unspecified atom stereocenters. The zero-order chi connectivity index (χ0) is 15.7. The lowest BCUT2D eigenvalue weighted by Crippen LogP contribution is -1.92. The molecule has 112 valence electrons. The van der Waals surface area contributed by atoms with E-state index in [0.717, 1.165) is 12.8 Å². The Balaban J connectivity index is -0.000000375. The number of aryl methyl sites for hydroxylation is 2. The first-order chi connectivity index (χ1) is 9.18. The second kappa shape index (κ2) is 19.2. The highest BCUT2D eigenvalue weighted by Crippen LogP contribution is 2.07. The van der Waals surface area contributed by atoms with Gasteiger partial charge in [-0.05, 0) is 32.3 Å². The topological polar surface area (TPSA) is 17.1 Å². The Labute approximate surface area is 121 Å². The van der Waals surface area contributed by atoms with Crippen LogP contribution in [-0.4, -0.2) is 5.78 Å². The summed E-state index contributed by atoms with van der Waals surface area (Å²) in [7, 11) is 0. The van der Waals surface area contributed by atoms with Crippen LogP contribution in [0.5, 0.6) is 0 Å². The largest absolute Gasteiger partial charge is 0.300 e. The molecule has 0 N–H and O–H groups in total. The smallest absolute Gasteiger partial charge is 0.129 e. The van der Waals surface area contributed by atoms with Crippen molar-refractivity contribution in [3.8, 4) is 0 Å². The van der Waals surface area contributed by atoms with E-state index in [1.54, 1.807) is 6.92 Å². The van der Waals surface area contributed by atoms with Crippen LogP contribution in [0.4, 0.5) is 0 Å². The predicted molar refractivity (Wildman–Crippen MR) is 88.8 cm³/mol. The van der Waals surface area contributed by atoms with Gasteiger partial charge in [0.1, 0.15) is 5.78 Å². The quantitative estimate of drug-likeness (QED) is 0.654. The fourth-order valence-corrected chi connectivity index (χ4v) is 1.30. The molecule has 1 nitrogen and oxygen atoms in total. The molecule has 1 rings (SSSR count). The fraction of sp³-hybridized carbons (Fsp3) is 0.611. The van der Waals surface area contributed by atoms with Gasteiger partial charge in [-0.2, -0.15) is 0 Å². The number of carbonyl (C=O) groups excluding carboxylic acids is 1. The van der Waals surface area contributed by atoms with Gasteiger partial charge in [-0.3, -0.25) is 0 Å². The summed E-state index contributed by atoms with van der Waals surface area (Å²) in [6, 6.07) is 8.50. The molecule has 0 aromatic heterocycles. The van der Waals surface area contributed by atoms with Crippen LogP contribution < -0.4 is 0 Å². The van der Waals surface area contributed by atoms with Gasteiger partial charge in [-0.15, -0.1) is 0 Å². The van der Waals surface area contributed by atoms with Crippen molar-refractivity contribution in [2.75, 3.05) is 0 Å². The van der Waals surface area contributed by atoms with E-state index in [1.165, 1.54) is 11.1 Å². The van der Waals surface area contributed by atoms with E-state index in [2.05, 4.69) is 31.2 Å². The summed E-state index contributed by atoms with van der Waals surface area (Å²) in [5.74, 6) is 0.284. The van der Waals surface area contributed by atoms with Crippen molar-refractivity contribution in [2.45, 2.75) is 74.7 Å². The third-order valence-corrected chi connectivity index (χ3v) is 2.11. The van der Waals surface area contributed by atoms with Crippen LogP contribution in [0.15, 0.2) is 24.3 Å². The number of benzene rings is 1. The molecule has 0 atom stereocenters. The highest BCUT2D eigenvalue weighted by Gasteiger charge is 1.95. The van der Waals surface area contributed by atoms with E-state index >= 15 is 0 Å². The molecule has 1 aromatic rings. The summed E-state index contributed by atoms with van der Waals surface area (Å²) < 4.78 is 0. The summed E-state index contributed by atoms with van der Waals surface area (Å²) in [4.78, 5) is 10.7. The molecule has 0 aliphatic carbocycles. The maximum Gasteiger partial charge on any atom is 0.129 e. The van der Waals surface area contributed by atoms with E-state index in [0.29, 0.717) is 6.42 Å². The van der Waals surface area contributed by atoms with Gasteiger partial charge < -0.3 is 4.79 Å². The number of carbonyl (C=O) groups is 1. The van der Waals surface area contributed by atoms with Crippen LogP contribution in [0.3, 0.4) is 0 Å². The molecule has 19 heavy (non-hydrogen) atoms. The summed E-state index contributed by atoms with van der Waals surface area (Å²) in [6.07, 6.45) is 2.69. The minimum Gasteiger partial charge on any atom is -0.300 e. The molecule has 0 radical (unpaired) electrons. The van der Waals surface area contributed by atoms with Crippen molar-refractivity contribution in [2.24, 2.45) is 0 Å². The summed E-state index contributed by atoms with van der Waals surface area (Å²) in [6.45, 7) is 15.7. The van der Waals surface area contributed by atoms with Gasteiger partial charge in [0.25, 0.3) is 0 Å². The van der Waals surface area contributed by atoms with Crippen molar-refractivity contribution in [3.05, 3.63) is 35.4 Å². The first-order valence-corrected chi connectivity index (χ1v) is 7.73. The number of ketones is 1. The van der Waals surface area contributed by atoms with Gasteiger partial charge >= 0.3 is 0 Å². The van der Waals surface area contributed by atoms with Crippen LogP contribution in [0, 0.1) is 6.92 Å². The molecule has 0 amide bonds. The predicted octanol–water partition coefficient (Wildman–Crippen LogP) is 5.99. The number of Topliss-reactive ketones (excluding diaryl/α,β-unsaturated/α-hetero) is 1. The second-order valence-electron chi connectivity index (χ2n) is 3.54. The molecule has 0 aliphatic rings. The Hall–Kier alpha value is -1.11. The minimum atomic E-state index is 0.284. The van der Waals surface area contributed by atoms with Crippen molar-refractivity contribution in [3.63, 3.8) is 0 Å². The van der Waals surface area contributed by atoms with Crippen molar-refractivity contribution in [1.82, 2.24) is 0 Å². The maximum absolute atomic E-state index is 10.7. The molecule has 1 heteroatoms. The number of hydrogen-bond acceptors (Lipinski definition) is 1. The zero-order valence-electron chi connectivity index (χ0n) is 14.3. The van der Waals surface area contributed by atoms with Crippen LogP contribution in [-0.2, 0) is 11.2 Å². The monoisotopic (exact) mass is 266 g/mol. The van der Waals surface area contributed by atoms with E-state index < -0.39 is 0 Å². The Bertz CT molecular complexity index is 272. The van der Waals surface area contributed by atoms with Gasteiger partial charge in [-0.1, -0.05) is 71.4 Å². The Kier molecular flexibility index (Phi) is 23.3. The maximum atomic E-state index is 10.7. The molecule has 0 spiro atoms. The molecular formula is C18H34O. The highest BCUT2D eigenvalue weighted by molar-refractivity contribution is 5.75. The SMILES string of the molecule is CC.CC.CC.CC(=O)CCCc1ccc(C)cc1. The fourth-order valence-electron chi connectivity index (χ4n) is 1.30. The van der Waals surface area contributed by atoms with Crippen LogP contribution in [0.2, 0.25) is 0 Å². The van der Waals surface area contributed by atoms with Gasteiger partial charge in [0, 0.05) is 6.42 Å². The molecule has 0 heterocycles. The number of hydrogen-bond donors (Lipinski definition) is 0. The van der Waals surface area contributed by atoms with Crippen LogP contribution in [0.1, 0.15) is 72.4 Å². The van der Waals surface area contributed by atoms with Gasteiger partial charge in [0.2, 0.25) is 0 Å².